The molecule has 2 unspecified atom stereocenters. The standard InChI is InChI=1S/C17H24N2O7S2/c20-12-5-7-19(17(24)18-12)16-15(23)14(22)11(26-16)9-25-13(21)4-2-1-3-10-6-8-27-28-10/h5,7,10-11,14-16,22-23H,1-4,6,8-9H2,(H,18,20,24)/t10?,11?,14-,15-,16-/m1/s1. The van der Waals surface area contributed by atoms with Crippen LogP contribution in [-0.4, -0.2) is 61.7 Å². The van der Waals surface area contributed by atoms with E-state index in [0.717, 1.165) is 29.9 Å². The Kier molecular flexibility index (Phi) is 7.63. The van der Waals surface area contributed by atoms with Crippen molar-refractivity contribution in [1.29, 1.82) is 0 Å². The second-order valence-electron chi connectivity index (χ2n) is 6.82. The number of carbonyl (C=O) groups excluding carboxylic acids is 1. The number of aliphatic hydroxyl groups excluding tert-OH is 2. The summed E-state index contributed by atoms with van der Waals surface area (Å²) in [6.07, 6.45) is 0.631. The summed E-state index contributed by atoms with van der Waals surface area (Å²) in [5.41, 5.74) is -1.34. The summed E-state index contributed by atoms with van der Waals surface area (Å²) in [6.45, 7) is -0.221. The Hall–Kier alpha value is -1.27. The topological polar surface area (TPSA) is 131 Å². The first kappa shape index (κ1) is 21.4. The molecule has 3 N–H and O–H groups in total. The van der Waals surface area contributed by atoms with Crippen LogP contribution in [0.25, 0.3) is 0 Å². The van der Waals surface area contributed by atoms with Crippen molar-refractivity contribution in [2.75, 3.05) is 12.4 Å². The van der Waals surface area contributed by atoms with E-state index < -0.39 is 35.8 Å². The maximum atomic E-state index is 11.9. The van der Waals surface area contributed by atoms with Crippen molar-refractivity contribution in [3.05, 3.63) is 33.1 Å². The Morgan fingerprint density at radius 1 is 1.32 bits per heavy atom. The molecule has 11 heteroatoms. The minimum Gasteiger partial charge on any atom is -0.463 e. The first-order valence-electron chi connectivity index (χ1n) is 9.22. The molecule has 0 aromatic carbocycles. The Balaban J connectivity index is 1.43. The van der Waals surface area contributed by atoms with Gasteiger partial charge in [-0.05, 0) is 19.3 Å². The van der Waals surface area contributed by atoms with Gasteiger partial charge in [0.2, 0.25) is 0 Å². The molecule has 2 saturated heterocycles. The molecule has 0 radical (unpaired) electrons. The zero-order valence-electron chi connectivity index (χ0n) is 15.2. The predicted octanol–water partition coefficient (Wildman–Crippen LogP) is 0.413. The second-order valence-corrected chi connectivity index (χ2v) is 9.61. The molecular formula is C17H24N2O7S2. The van der Waals surface area contributed by atoms with Gasteiger partial charge in [0.1, 0.15) is 24.9 Å². The van der Waals surface area contributed by atoms with Crippen LogP contribution in [-0.2, 0) is 14.3 Å². The van der Waals surface area contributed by atoms with Crippen LogP contribution in [0.4, 0.5) is 0 Å². The fourth-order valence-electron chi connectivity index (χ4n) is 3.18. The average molecular weight is 433 g/mol. The van der Waals surface area contributed by atoms with Crippen LogP contribution in [0, 0.1) is 0 Å². The van der Waals surface area contributed by atoms with E-state index in [1.165, 1.54) is 18.4 Å². The molecular weight excluding hydrogens is 408 g/mol. The van der Waals surface area contributed by atoms with E-state index >= 15 is 0 Å². The quantitative estimate of drug-likeness (QED) is 0.304. The highest BCUT2D eigenvalue weighted by Gasteiger charge is 2.44. The lowest BCUT2D eigenvalue weighted by Crippen LogP contribution is -2.37. The van der Waals surface area contributed by atoms with Gasteiger partial charge in [-0.15, -0.1) is 0 Å². The van der Waals surface area contributed by atoms with Gasteiger partial charge in [0.15, 0.2) is 6.23 Å². The SMILES string of the molecule is O=C(CCCCC1CCSS1)OCC1O[C@@H](n2ccc(=O)[nH]c2=O)[C@H](O)[C@@H]1O. The molecule has 156 valence electrons. The van der Waals surface area contributed by atoms with Gasteiger partial charge in [0, 0.05) is 29.7 Å². The largest absolute Gasteiger partial charge is 0.463 e. The first-order chi connectivity index (χ1) is 13.5. The van der Waals surface area contributed by atoms with Crippen LogP contribution in [0.5, 0.6) is 0 Å². The van der Waals surface area contributed by atoms with E-state index in [1.54, 1.807) is 0 Å². The van der Waals surface area contributed by atoms with Gasteiger partial charge < -0.3 is 19.7 Å². The van der Waals surface area contributed by atoms with Gasteiger partial charge >= 0.3 is 11.7 Å². The molecule has 0 bridgehead atoms. The first-order valence-corrected chi connectivity index (χ1v) is 11.6. The number of aromatic nitrogens is 2. The monoisotopic (exact) mass is 432 g/mol. The summed E-state index contributed by atoms with van der Waals surface area (Å²) in [7, 11) is 3.81. The van der Waals surface area contributed by atoms with Crippen LogP contribution >= 0.6 is 21.6 Å². The number of carbonyl (C=O) groups is 1. The van der Waals surface area contributed by atoms with Gasteiger partial charge in [-0.25, -0.2) is 4.79 Å². The highest BCUT2D eigenvalue weighted by Crippen LogP contribution is 2.39. The molecule has 1 aromatic heterocycles. The van der Waals surface area contributed by atoms with Crippen LogP contribution in [0.15, 0.2) is 21.9 Å². The van der Waals surface area contributed by atoms with Crippen molar-refractivity contribution in [3.63, 3.8) is 0 Å². The van der Waals surface area contributed by atoms with E-state index in [0.29, 0.717) is 11.7 Å². The van der Waals surface area contributed by atoms with Crippen LogP contribution in [0.2, 0.25) is 0 Å². The Bertz CT molecular complexity index is 777. The number of H-pyrrole nitrogens is 1. The summed E-state index contributed by atoms with van der Waals surface area (Å²) < 4.78 is 11.6. The van der Waals surface area contributed by atoms with Crippen LogP contribution < -0.4 is 11.2 Å². The van der Waals surface area contributed by atoms with Gasteiger partial charge in [0.25, 0.3) is 5.56 Å². The summed E-state index contributed by atoms with van der Waals surface area (Å²) in [4.78, 5) is 36.9. The Labute approximate surface area is 169 Å². The highest BCUT2D eigenvalue weighted by atomic mass is 33.1. The lowest BCUT2D eigenvalue weighted by molar-refractivity contribution is -0.150. The molecule has 3 rings (SSSR count). The minimum atomic E-state index is -1.39. The van der Waals surface area contributed by atoms with E-state index in [2.05, 4.69) is 4.98 Å². The van der Waals surface area contributed by atoms with Crippen molar-refractivity contribution in [2.24, 2.45) is 0 Å². The third-order valence-corrected chi connectivity index (χ3v) is 7.76. The number of esters is 1. The zero-order valence-corrected chi connectivity index (χ0v) is 16.8. The minimum absolute atomic E-state index is 0.221. The molecule has 1 aromatic rings. The molecule has 9 nitrogen and oxygen atoms in total. The van der Waals surface area contributed by atoms with E-state index in [4.69, 9.17) is 9.47 Å². The lowest BCUT2D eigenvalue weighted by atomic mass is 10.1. The number of hydrogen-bond acceptors (Lipinski definition) is 9. The molecule has 0 amide bonds. The molecule has 3 heterocycles. The summed E-state index contributed by atoms with van der Waals surface area (Å²) in [5, 5.41) is 21.0. The number of hydrogen-bond donors (Lipinski definition) is 3. The van der Waals surface area contributed by atoms with Crippen molar-refractivity contribution >= 4 is 27.6 Å². The molecule has 0 aliphatic carbocycles. The van der Waals surface area contributed by atoms with Crippen molar-refractivity contribution in [2.45, 2.75) is 61.9 Å². The van der Waals surface area contributed by atoms with Crippen molar-refractivity contribution in [3.8, 4) is 0 Å². The van der Waals surface area contributed by atoms with Crippen LogP contribution in [0.3, 0.4) is 0 Å². The summed E-state index contributed by atoms with van der Waals surface area (Å²) in [5.74, 6) is 0.808. The predicted molar refractivity (Wildman–Crippen MR) is 105 cm³/mol. The number of aliphatic hydroxyl groups is 2. The summed E-state index contributed by atoms with van der Waals surface area (Å²) >= 11 is 0. The van der Waals surface area contributed by atoms with E-state index in [9.17, 15) is 24.6 Å². The third-order valence-electron chi connectivity index (χ3n) is 4.76. The fourth-order valence-corrected chi connectivity index (χ4v) is 6.21. The number of rotatable bonds is 8. The van der Waals surface area contributed by atoms with Gasteiger partial charge in [-0.1, -0.05) is 28.0 Å². The van der Waals surface area contributed by atoms with Gasteiger partial charge in [-0.2, -0.15) is 0 Å². The Morgan fingerprint density at radius 2 is 2.14 bits per heavy atom. The van der Waals surface area contributed by atoms with Crippen molar-refractivity contribution < 1.29 is 24.5 Å². The normalized spacial score (nSPS) is 29.9. The molecule has 0 saturated carbocycles. The van der Waals surface area contributed by atoms with Crippen LogP contribution in [0.1, 0.15) is 38.3 Å². The van der Waals surface area contributed by atoms with E-state index in [1.807, 2.05) is 21.6 Å². The van der Waals surface area contributed by atoms with Crippen molar-refractivity contribution in [1.82, 2.24) is 9.55 Å². The number of ether oxygens (including phenoxy) is 2. The third kappa shape index (κ3) is 5.41. The number of nitrogens with zero attached hydrogens (tertiary/aromatic N) is 1. The molecule has 2 aliphatic heterocycles. The number of aromatic amines is 1. The maximum absolute atomic E-state index is 11.9. The molecule has 0 spiro atoms. The second kappa shape index (κ2) is 9.97. The molecule has 5 atom stereocenters. The molecule has 28 heavy (non-hydrogen) atoms. The Morgan fingerprint density at radius 3 is 2.86 bits per heavy atom. The molecule has 2 fully saturated rings. The average Bonchev–Trinajstić information content (AvgIpc) is 3.27. The number of nitrogens with one attached hydrogen (secondary N) is 1. The zero-order chi connectivity index (χ0) is 20.1. The van der Waals surface area contributed by atoms with Gasteiger partial charge in [0.05, 0.1) is 0 Å². The van der Waals surface area contributed by atoms with Gasteiger partial charge in [-0.3, -0.25) is 19.1 Å². The maximum Gasteiger partial charge on any atom is 0.330 e. The lowest BCUT2D eigenvalue weighted by Gasteiger charge is -2.16. The molecule has 2 aliphatic rings. The fraction of sp³-hybridized carbons (Fsp3) is 0.706. The highest BCUT2D eigenvalue weighted by molar-refractivity contribution is 8.77. The summed E-state index contributed by atoms with van der Waals surface area (Å²) in [6, 6.07) is 1.11. The smallest absolute Gasteiger partial charge is 0.330 e. The van der Waals surface area contributed by atoms with E-state index in [-0.39, 0.29) is 12.6 Å². The number of unbranched alkanes of at least 4 members (excludes halogenated alkanes) is 1.